The van der Waals surface area contributed by atoms with Crippen LogP contribution in [0.1, 0.15) is 12.0 Å². The Morgan fingerprint density at radius 1 is 0.806 bits per heavy atom. The van der Waals surface area contributed by atoms with Crippen molar-refractivity contribution in [1.29, 1.82) is 0 Å². The number of hydrogen-bond donors (Lipinski definition) is 1. The maximum atomic E-state index is 12.3. The van der Waals surface area contributed by atoms with Gasteiger partial charge in [-0.25, -0.2) is 0 Å². The quantitative estimate of drug-likeness (QED) is 0.523. The van der Waals surface area contributed by atoms with E-state index < -0.39 is 0 Å². The summed E-state index contributed by atoms with van der Waals surface area (Å²) in [6.45, 7) is 0.626. The van der Waals surface area contributed by atoms with E-state index >= 15 is 0 Å². The molecule has 3 aromatic carbocycles. The molecule has 0 aliphatic carbocycles. The number of carbonyl (C=O) groups excluding carboxylic acids is 1. The van der Waals surface area contributed by atoms with Crippen LogP contribution in [0.5, 0.6) is 23.0 Å². The molecule has 0 aliphatic heterocycles. The molecule has 0 radical (unpaired) electrons. The summed E-state index contributed by atoms with van der Waals surface area (Å²) in [5.74, 6) is 2.27. The molecular formula is C25H27NO5. The van der Waals surface area contributed by atoms with Gasteiger partial charge in [0.05, 0.1) is 34.4 Å². The Bertz CT molecular complexity index is 979. The summed E-state index contributed by atoms with van der Waals surface area (Å²) >= 11 is 0. The molecule has 1 amide bonds. The van der Waals surface area contributed by atoms with Gasteiger partial charge in [-0.05, 0) is 29.3 Å². The molecule has 0 fully saturated rings. The molecule has 3 rings (SSSR count). The lowest BCUT2D eigenvalue weighted by Crippen LogP contribution is -2.24. The van der Waals surface area contributed by atoms with Crippen LogP contribution >= 0.6 is 0 Å². The summed E-state index contributed by atoms with van der Waals surface area (Å²) in [5, 5.41) is 2.90. The molecule has 0 atom stereocenters. The zero-order valence-electron chi connectivity index (χ0n) is 18.0. The SMILES string of the molecule is COc1cc(CNC(=O)CCOc2ccccc2-c2ccccc2)cc(OC)c1OC. The number of ether oxygens (including phenoxy) is 4. The summed E-state index contributed by atoms with van der Waals surface area (Å²) < 4.78 is 21.9. The van der Waals surface area contributed by atoms with Crippen molar-refractivity contribution >= 4 is 5.91 Å². The largest absolute Gasteiger partial charge is 0.493 e. The molecule has 0 bridgehead atoms. The van der Waals surface area contributed by atoms with Gasteiger partial charge in [-0.1, -0.05) is 48.5 Å². The summed E-state index contributed by atoms with van der Waals surface area (Å²) in [7, 11) is 4.67. The fourth-order valence-electron chi connectivity index (χ4n) is 3.23. The first-order valence-electron chi connectivity index (χ1n) is 9.99. The highest BCUT2D eigenvalue weighted by Crippen LogP contribution is 2.38. The Kier molecular flexibility index (Phi) is 7.76. The molecule has 6 heteroatoms. The summed E-state index contributed by atoms with van der Waals surface area (Å²) in [5.41, 5.74) is 2.92. The third-order valence-corrected chi connectivity index (χ3v) is 4.77. The molecule has 0 aliphatic rings. The Morgan fingerprint density at radius 3 is 2.10 bits per heavy atom. The fourth-order valence-corrected chi connectivity index (χ4v) is 3.23. The first kappa shape index (κ1) is 22.0. The highest BCUT2D eigenvalue weighted by molar-refractivity contribution is 5.76. The van der Waals surface area contributed by atoms with E-state index in [0.717, 1.165) is 22.4 Å². The van der Waals surface area contributed by atoms with Gasteiger partial charge < -0.3 is 24.3 Å². The normalized spacial score (nSPS) is 10.3. The van der Waals surface area contributed by atoms with Crippen molar-refractivity contribution in [3.8, 4) is 34.1 Å². The smallest absolute Gasteiger partial charge is 0.223 e. The van der Waals surface area contributed by atoms with Crippen molar-refractivity contribution in [2.75, 3.05) is 27.9 Å². The number of nitrogens with one attached hydrogen (secondary N) is 1. The molecule has 0 saturated carbocycles. The molecule has 0 saturated heterocycles. The van der Waals surface area contributed by atoms with Crippen LogP contribution in [0.25, 0.3) is 11.1 Å². The maximum absolute atomic E-state index is 12.3. The predicted octanol–water partition coefficient (Wildman–Crippen LogP) is 4.46. The van der Waals surface area contributed by atoms with E-state index in [4.69, 9.17) is 18.9 Å². The highest BCUT2D eigenvalue weighted by atomic mass is 16.5. The number of para-hydroxylation sites is 1. The average Bonchev–Trinajstić information content (AvgIpc) is 2.82. The van der Waals surface area contributed by atoms with Gasteiger partial charge >= 0.3 is 0 Å². The summed E-state index contributed by atoms with van der Waals surface area (Å²) in [6.07, 6.45) is 0.244. The first-order chi connectivity index (χ1) is 15.2. The van der Waals surface area contributed by atoms with Gasteiger partial charge in [0.1, 0.15) is 5.75 Å². The molecule has 1 N–H and O–H groups in total. The van der Waals surface area contributed by atoms with Crippen molar-refractivity contribution in [3.05, 3.63) is 72.3 Å². The Labute approximate surface area is 182 Å². The topological polar surface area (TPSA) is 66.0 Å². The fraction of sp³-hybridized carbons (Fsp3) is 0.240. The van der Waals surface area contributed by atoms with Crippen molar-refractivity contribution < 1.29 is 23.7 Å². The van der Waals surface area contributed by atoms with Crippen LogP contribution in [0, 0.1) is 0 Å². The van der Waals surface area contributed by atoms with Crippen molar-refractivity contribution in [3.63, 3.8) is 0 Å². The van der Waals surface area contributed by atoms with E-state index in [9.17, 15) is 4.79 Å². The molecular weight excluding hydrogens is 394 g/mol. The lowest BCUT2D eigenvalue weighted by atomic mass is 10.1. The molecule has 6 nitrogen and oxygen atoms in total. The van der Waals surface area contributed by atoms with E-state index in [2.05, 4.69) is 5.32 Å². The molecule has 0 heterocycles. The number of rotatable bonds is 10. The number of amides is 1. The van der Waals surface area contributed by atoms with Crippen LogP contribution in [0.15, 0.2) is 66.7 Å². The lowest BCUT2D eigenvalue weighted by Gasteiger charge is -2.15. The number of benzene rings is 3. The van der Waals surface area contributed by atoms with Crippen LogP contribution in [0.3, 0.4) is 0 Å². The van der Waals surface area contributed by atoms with Gasteiger partial charge in [-0.2, -0.15) is 0 Å². The zero-order valence-corrected chi connectivity index (χ0v) is 18.0. The second-order valence-electron chi connectivity index (χ2n) is 6.77. The van der Waals surface area contributed by atoms with Crippen LogP contribution in [0.2, 0.25) is 0 Å². The first-order valence-corrected chi connectivity index (χ1v) is 9.99. The second-order valence-corrected chi connectivity index (χ2v) is 6.77. The second kappa shape index (κ2) is 10.9. The molecule has 162 valence electrons. The number of carbonyl (C=O) groups is 1. The predicted molar refractivity (Wildman–Crippen MR) is 120 cm³/mol. The van der Waals surface area contributed by atoms with Gasteiger partial charge in [0.2, 0.25) is 11.7 Å². The van der Waals surface area contributed by atoms with Crippen molar-refractivity contribution in [2.45, 2.75) is 13.0 Å². The average molecular weight is 421 g/mol. The molecule has 0 aromatic heterocycles. The minimum Gasteiger partial charge on any atom is -0.493 e. The van der Waals surface area contributed by atoms with Crippen LogP contribution in [0.4, 0.5) is 0 Å². The van der Waals surface area contributed by atoms with Crippen molar-refractivity contribution in [1.82, 2.24) is 5.32 Å². The van der Waals surface area contributed by atoms with E-state index in [1.165, 1.54) is 0 Å². The Morgan fingerprint density at radius 2 is 1.45 bits per heavy atom. The van der Waals surface area contributed by atoms with Crippen LogP contribution < -0.4 is 24.3 Å². The van der Waals surface area contributed by atoms with Gasteiger partial charge in [0.25, 0.3) is 0 Å². The Hall–Kier alpha value is -3.67. The van der Waals surface area contributed by atoms with Crippen LogP contribution in [-0.2, 0) is 11.3 Å². The van der Waals surface area contributed by atoms with Gasteiger partial charge in [-0.3, -0.25) is 4.79 Å². The number of methoxy groups -OCH3 is 3. The van der Waals surface area contributed by atoms with E-state index in [1.807, 2.05) is 66.7 Å². The van der Waals surface area contributed by atoms with E-state index in [1.54, 1.807) is 21.3 Å². The minimum absolute atomic E-state index is 0.106. The van der Waals surface area contributed by atoms with E-state index in [-0.39, 0.29) is 18.9 Å². The van der Waals surface area contributed by atoms with Crippen molar-refractivity contribution in [2.24, 2.45) is 0 Å². The minimum atomic E-state index is -0.106. The molecule has 31 heavy (non-hydrogen) atoms. The van der Waals surface area contributed by atoms with Gasteiger partial charge in [0.15, 0.2) is 11.5 Å². The third-order valence-electron chi connectivity index (χ3n) is 4.77. The molecule has 3 aromatic rings. The van der Waals surface area contributed by atoms with Crippen LogP contribution in [-0.4, -0.2) is 33.8 Å². The summed E-state index contributed by atoms with van der Waals surface area (Å²) in [6, 6.07) is 21.5. The molecule has 0 spiro atoms. The monoisotopic (exact) mass is 421 g/mol. The third kappa shape index (κ3) is 5.69. The summed E-state index contributed by atoms with van der Waals surface area (Å²) in [4.78, 5) is 12.3. The molecule has 0 unspecified atom stereocenters. The maximum Gasteiger partial charge on any atom is 0.223 e. The zero-order chi connectivity index (χ0) is 22.1. The van der Waals surface area contributed by atoms with Gasteiger partial charge in [0, 0.05) is 12.1 Å². The highest BCUT2D eigenvalue weighted by Gasteiger charge is 2.14. The standard InChI is InChI=1S/C25H27NO5/c1-28-22-15-18(16-23(29-2)25(22)30-3)17-26-24(27)13-14-31-21-12-8-7-11-20(21)19-9-5-4-6-10-19/h4-12,15-16H,13-14,17H2,1-3H3,(H,26,27). The van der Waals surface area contributed by atoms with Gasteiger partial charge in [-0.15, -0.1) is 0 Å². The lowest BCUT2D eigenvalue weighted by molar-refractivity contribution is -0.121. The van der Waals surface area contributed by atoms with E-state index in [0.29, 0.717) is 23.8 Å². The Balaban J connectivity index is 1.55. The number of hydrogen-bond acceptors (Lipinski definition) is 5.